The zero-order valence-electron chi connectivity index (χ0n) is 53.3. The van der Waals surface area contributed by atoms with Crippen molar-refractivity contribution in [3.8, 4) is 49.5 Å². The number of nitrogens with zero attached hydrogens (tertiary/aromatic N) is 4. The van der Waals surface area contributed by atoms with Gasteiger partial charge >= 0.3 is 0 Å². The molecule has 4 heterocycles. The van der Waals surface area contributed by atoms with E-state index in [0.717, 1.165) is 39.2 Å². The van der Waals surface area contributed by atoms with Crippen molar-refractivity contribution in [2.45, 2.75) is 118 Å². The van der Waals surface area contributed by atoms with Gasteiger partial charge in [-0.25, -0.2) is 0 Å². The summed E-state index contributed by atoms with van der Waals surface area (Å²) in [5.74, 6) is -8.24. The minimum atomic E-state index is -2.09. The average Bonchev–Trinajstić information content (AvgIpc) is 1.67. The summed E-state index contributed by atoms with van der Waals surface area (Å²) in [5, 5.41) is 123. The standard InChI is InChI=1S/C64H83N11O19S.2ClH/c1-33-29-75-54(55(33)84)60(89)67-28-42(79)26-45(68-56(85)38-7-11-40(12-8-38)62-73-72-61(95-62)39-9-5-36(6-10-39)37-13-15-44(16-14-37)93-23-22-92-3)57(86)69-51(34(2)78)63(90)74-30-43(80)27-46(74)58(87)70-52(59(88)71-53(64(75)91)48(82)18-19-65)49(83)24-35-4-17-47(81)50(25-35)94-21-20-66-41(31-76)32-77;;/h4-17,25,33-34,41-43,45-46,48-49,51-55,66,76-84H,18-24,26-32,65H2,1-3H3,(H,67,89)(H,68,85)(H,69,86)(H,70,87)(H,71,88);2*1H/t33-,34+,42+,43+,45-,46-,48+,49+,51-,52-,53-,54-,55-;;/m0../s1. The van der Waals surface area contributed by atoms with Gasteiger partial charge in [-0.15, -0.1) is 35.0 Å². The van der Waals surface area contributed by atoms with Gasteiger partial charge in [0, 0.05) is 75.2 Å². The minimum Gasteiger partial charge on any atom is -0.504 e. The molecule has 1 aromatic heterocycles. The number of aliphatic hydroxyl groups is 8. The lowest BCUT2D eigenvalue weighted by molar-refractivity contribution is -0.147. The van der Waals surface area contributed by atoms with Crippen LogP contribution in [0.4, 0.5) is 0 Å². The van der Waals surface area contributed by atoms with Gasteiger partial charge in [0.1, 0.15) is 65.2 Å². The number of nitrogens with one attached hydrogen (secondary N) is 6. The van der Waals surface area contributed by atoms with Crippen LogP contribution in [0.25, 0.3) is 32.3 Å². The number of fused-ring (bicyclic) bond motifs is 2. The normalized spacial score (nSPS) is 23.8. The number of methoxy groups -OCH3 is 1. The Morgan fingerprint density at radius 2 is 1.30 bits per heavy atom. The molecule has 530 valence electrons. The Hall–Kier alpha value is -7.73. The van der Waals surface area contributed by atoms with E-state index in [1.807, 2.05) is 48.5 Å². The number of halogens is 2. The topological polar surface area (TPSA) is 460 Å². The first-order valence-electron chi connectivity index (χ1n) is 31.1. The van der Waals surface area contributed by atoms with Gasteiger partial charge in [-0.1, -0.05) is 72.9 Å². The van der Waals surface area contributed by atoms with Crippen LogP contribution in [0.1, 0.15) is 49.0 Å². The number of aliphatic hydroxyl groups excluding tert-OH is 8. The van der Waals surface area contributed by atoms with Crippen LogP contribution in [-0.4, -0.2) is 259 Å². The molecule has 3 aliphatic rings. The lowest BCUT2D eigenvalue weighted by atomic mass is 9.98. The number of hydrogen-bond donors (Lipinski definition) is 16. The van der Waals surface area contributed by atoms with E-state index in [4.69, 9.17) is 19.9 Å². The number of rotatable bonds is 23. The van der Waals surface area contributed by atoms with Crippen LogP contribution in [0.15, 0.2) is 91.0 Å². The van der Waals surface area contributed by atoms with Gasteiger partial charge in [-0.3, -0.25) is 33.6 Å². The summed E-state index contributed by atoms with van der Waals surface area (Å²) >= 11 is 1.30. The Morgan fingerprint density at radius 3 is 1.92 bits per heavy atom. The van der Waals surface area contributed by atoms with Crippen LogP contribution in [0.5, 0.6) is 17.2 Å². The fraction of sp³-hybridized carbons (Fsp3) is 0.484. The monoisotopic (exact) mass is 1410 g/mol. The smallest absolute Gasteiger partial charge is 0.251 e. The largest absolute Gasteiger partial charge is 0.504 e. The molecular formula is C64H85Cl2N11O19S. The van der Waals surface area contributed by atoms with E-state index in [0.29, 0.717) is 28.8 Å². The van der Waals surface area contributed by atoms with E-state index in [-0.39, 0.29) is 93.3 Å². The Balaban J connectivity index is 0.00000743. The highest BCUT2D eigenvalue weighted by Crippen LogP contribution is 2.33. The first-order valence-corrected chi connectivity index (χ1v) is 31.9. The van der Waals surface area contributed by atoms with Crippen molar-refractivity contribution in [2.75, 3.05) is 72.9 Å². The van der Waals surface area contributed by atoms with Gasteiger partial charge < -0.3 is 108 Å². The lowest BCUT2D eigenvalue weighted by Crippen LogP contribution is -2.64. The molecule has 97 heavy (non-hydrogen) atoms. The molecule has 0 saturated carbocycles. The van der Waals surface area contributed by atoms with Crippen molar-refractivity contribution in [3.05, 3.63) is 102 Å². The molecule has 5 aromatic rings. The highest BCUT2D eigenvalue weighted by atomic mass is 35.5. The van der Waals surface area contributed by atoms with Gasteiger partial charge in [-0.05, 0) is 73.0 Å². The second-order valence-electron chi connectivity index (χ2n) is 23.7. The Bertz CT molecular complexity index is 3430. The summed E-state index contributed by atoms with van der Waals surface area (Å²) in [6, 6.07) is 13.7. The number of carbonyl (C=O) groups excluding carboxylic acids is 7. The Labute approximate surface area is 575 Å². The first kappa shape index (κ1) is 78.3. The number of aromatic nitrogens is 2. The Morgan fingerprint density at radius 1 is 0.701 bits per heavy atom. The average molecular weight is 1420 g/mol. The van der Waals surface area contributed by atoms with Crippen LogP contribution in [0, 0.1) is 5.92 Å². The molecule has 0 aliphatic carbocycles. The fourth-order valence-corrected chi connectivity index (χ4v) is 12.1. The van der Waals surface area contributed by atoms with E-state index in [2.05, 4.69) is 42.1 Å². The van der Waals surface area contributed by atoms with Gasteiger partial charge in [0.2, 0.25) is 35.4 Å². The number of benzene rings is 4. The maximum atomic E-state index is 14.8. The number of β-amino-alcohol motifs (C(OH)–C–C–N with tert-alkyl or cyclic N) is 1. The zero-order chi connectivity index (χ0) is 68.6. The van der Waals surface area contributed by atoms with E-state index in [1.165, 1.54) is 48.6 Å². The van der Waals surface area contributed by atoms with E-state index in [1.54, 1.807) is 19.2 Å². The molecule has 17 N–H and O–H groups in total. The Kier molecular flexibility index (Phi) is 29.6. The van der Waals surface area contributed by atoms with Crippen molar-refractivity contribution in [3.63, 3.8) is 0 Å². The molecule has 0 radical (unpaired) electrons. The third-order valence-corrected chi connectivity index (χ3v) is 17.6. The highest BCUT2D eigenvalue weighted by molar-refractivity contribution is 7.17. The predicted octanol–water partition coefficient (Wildman–Crippen LogP) is -2.27. The number of carbonyl (C=O) groups is 7. The fourth-order valence-electron chi connectivity index (χ4n) is 11.3. The molecule has 3 saturated heterocycles. The summed E-state index contributed by atoms with van der Waals surface area (Å²) in [6.07, 6.45) is -12.2. The molecule has 33 heteroatoms. The summed E-state index contributed by atoms with van der Waals surface area (Å²) in [6.45, 7) is 1.06. The quantitative estimate of drug-likeness (QED) is 0.0307. The summed E-state index contributed by atoms with van der Waals surface area (Å²) < 4.78 is 16.4. The number of nitrogens with two attached hydrogens (primary N) is 1. The van der Waals surface area contributed by atoms with Crippen LogP contribution >= 0.6 is 36.2 Å². The molecule has 3 fully saturated rings. The van der Waals surface area contributed by atoms with Crippen molar-refractivity contribution in [1.29, 1.82) is 0 Å². The summed E-state index contributed by atoms with van der Waals surface area (Å²) in [7, 11) is 1.60. The van der Waals surface area contributed by atoms with Crippen LogP contribution in [0.2, 0.25) is 0 Å². The third-order valence-electron chi connectivity index (χ3n) is 16.6. The van der Waals surface area contributed by atoms with Gasteiger partial charge in [0.15, 0.2) is 11.5 Å². The third kappa shape index (κ3) is 20.2. The molecule has 7 amide bonds. The highest BCUT2D eigenvalue weighted by Gasteiger charge is 2.50. The number of hydrogen-bond acceptors (Lipinski definition) is 24. The van der Waals surface area contributed by atoms with Crippen LogP contribution in [-0.2, 0) is 39.9 Å². The number of aromatic hydroxyl groups is 1. The zero-order valence-corrected chi connectivity index (χ0v) is 55.8. The van der Waals surface area contributed by atoms with Crippen molar-refractivity contribution in [2.24, 2.45) is 11.7 Å². The minimum absolute atomic E-state index is 0. The maximum Gasteiger partial charge on any atom is 0.251 e. The molecule has 8 rings (SSSR count). The number of amides is 7. The van der Waals surface area contributed by atoms with E-state index in [9.17, 15) is 79.5 Å². The summed E-state index contributed by atoms with van der Waals surface area (Å²) in [5.41, 5.74) is 9.38. The lowest BCUT2D eigenvalue weighted by Gasteiger charge is -2.34. The van der Waals surface area contributed by atoms with Gasteiger partial charge in [-0.2, -0.15) is 0 Å². The van der Waals surface area contributed by atoms with Crippen molar-refractivity contribution in [1.82, 2.24) is 51.9 Å². The molecule has 13 atom stereocenters. The summed E-state index contributed by atoms with van der Waals surface area (Å²) in [4.78, 5) is 104. The molecule has 30 nitrogen and oxygen atoms in total. The number of phenolic OH excluding ortho intramolecular Hbond substituents is 1. The van der Waals surface area contributed by atoms with E-state index >= 15 is 0 Å². The number of ether oxygens (including phenoxy) is 3. The second kappa shape index (κ2) is 36.7. The first-order chi connectivity index (χ1) is 45.5. The molecule has 0 bridgehead atoms. The molecule has 0 unspecified atom stereocenters. The van der Waals surface area contributed by atoms with Crippen molar-refractivity contribution >= 4 is 77.5 Å². The van der Waals surface area contributed by atoms with Crippen LogP contribution < -0.4 is 47.1 Å². The predicted molar refractivity (Wildman–Crippen MR) is 356 cm³/mol. The maximum absolute atomic E-state index is 14.8. The van der Waals surface area contributed by atoms with Crippen LogP contribution in [0.3, 0.4) is 0 Å². The molecule has 4 aromatic carbocycles. The molecule has 0 spiro atoms. The van der Waals surface area contributed by atoms with Gasteiger partial charge in [0.05, 0.1) is 62.5 Å². The number of phenols is 1. The van der Waals surface area contributed by atoms with E-state index < -0.39 is 159 Å². The second-order valence-corrected chi connectivity index (χ2v) is 24.7. The SMILES string of the molecule is COCCOc1ccc(-c2ccc(-c3nnc(-c4ccc(C(=O)N[C@H]5C[C@@H](O)CNC(=O)[C@@H]6[C@@H](O)[C@@H](C)CN6C(=O)[C@H]([C@H](O)CCN)NC(=O)[C@H]([C@H](O)Cc6ccc(O)c(OCCNC(CO)CO)c6)NC(=O)[C@@H]6C[C@@H](O)CN6C(=O)[C@H]([C@@H](C)O)NC5=O)cc4)s3)cc2)cc1.Cl.Cl. The molecule has 3 aliphatic heterocycles. The van der Waals surface area contributed by atoms with Gasteiger partial charge in [0.25, 0.3) is 5.91 Å². The molecular weight excluding hydrogens is 1330 g/mol. The van der Waals surface area contributed by atoms with Crippen molar-refractivity contribution < 1.29 is 93.7 Å².